The summed E-state index contributed by atoms with van der Waals surface area (Å²) >= 11 is 5.50. The highest BCUT2D eigenvalue weighted by atomic mass is 35.5. The van der Waals surface area contributed by atoms with Crippen molar-refractivity contribution in [3.63, 3.8) is 0 Å². The minimum atomic E-state index is -3.50. The number of sulfonamides is 1. The molecule has 0 heterocycles. The fraction of sp³-hybridized carbons (Fsp3) is 0.538. The van der Waals surface area contributed by atoms with E-state index in [-0.39, 0.29) is 11.5 Å². The van der Waals surface area contributed by atoms with Crippen LogP contribution in [-0.4, -0.2) is 26.7 Å². The van der Waals surface area contributed by atoms with E-state index in [1.54, 1.807) is 25.1 Å². The van der Waals surface area contributed by atoms with Gasteiger partial charge >= 0.3 is 6.61 Å². The molecule has 1 rings (SSSR count). The second-order valence-corrected chi connectivity index (χ2v) is 6.72. The molecule has 0 saturated heterocycles. The van der Waals surface area contributed by atoms with E-state index in [1.165, 1.54) is 6.07 Å². The monoisotopic (exact) mass is 341 g/mol. The fourth-order valence-electron chi connectivity index (χ4n) is 1.82. The number of rotatable bonds is 9. The quantitative estimate of drug-likeness (QED) is 0.554. The summed E-state index contributed by atoms with van der Waals surface area (Å²) in [5.41, 5.74) is 0.360. The molecule has 120 valence electrons. The molecule has 1 unspecified atom stereocenters. The maximum absolute atomic E-state index is 12.3. The van der Waals surface area contributed by atoms with Gasteiger partial charge in [-0.15, -0.1) is 11.6 Å². The van der Waals surface area contributed by atoms with E-state index in [2.05, 4.69) is 9.46 Å². The number of ether oxygens (including phenoxy) is 1. The first-order chi connectivity index (χ1) is 9.85. The van der Waals surface area contributed by atoms with Gasteiger partial charge in [-0.2, -0.15) is 8.78 Å². The van der Waals surface area contributed by atoms with E-state index in [9.17, 15) is 17.2 Å². The lowest BCUT2D eigenvalue weighted by Gasteiger charge is -2.18. The Kier molecular flexibility index (Phi) is 7.34. The van der Waals surface area contributed by atoms with Gasteiger partial charge < -0.3 is 4.74 Å². The molecule has 1 aromatic carbocycles. The van der Waals surface area contributed by atoms with Gasteiger partial charge in [-0.3, -0.25) is 0 Å². The zero-order chi connectivity index (χ0) is 15.9. The molecular formula is C13H18ClF2NO3S. The second kappa shape index (κ2) is 8.51. The van der Waals surface area contributed by atoms with Gasteiger partial charge in [-0.05, 0) is 25.8 Å². The van der Waals surface area contributed by atoms with Crippen LogP contribution in [0.3, 0.4) is 0 Å². The number of unbranched alkanes of at least 4 members (excludes halogenated alkanes) is 1. The SMILES string of the molecule is CC(NS(=O)(=O)CCCCCl)c1ccccc1OC(F)F. The normalized spacial score (nSPS) is 13.4. The van der Waals surface area contributed by atoms with E-state index in [0.29, 0.717) is 24.3 Å². The lowest BCUT2D eigenvalue weighted by atomic mass is 10.1. The Morgan fingerprint density at radius 2 is 1.95 bits per heavy atom. The molecule has 0 aliphatic heterocycles. The Morgan fingerprint density at radius 1 is 1.29 bits per heavy atom. The summed E-state index contributed by atoms with van der Waals surface area (Å²) in [7, 11) is -3.50. The smallest absolute Gasteiger partial charge is 0.387 e. The van der Waals surface area contributed by atoms with Gasteiger partial charge in [-0.1, -0.05) is 18.2 Å². The van der Waals surface area contributed by atoms with Crippen molar-refractivity contribution in [2.24, 2.45) is 0 Å². The summed E-state index contributed by atoms with van der Waals surface area (Å²) < 4.78 is 55.3. The van der Waals surface area contributed by atoms with Crippen LogP contribution >= 0.6 is 11.6 Å². The number of nitrogens with one attached hydrogen (secondary N) is 1. The van der Waals surface area contributed by atoms with Crippen LogP contribution in [0.4, 0.5) is 8.78 Å². The van der Waals surface area contributed by atoms with Crippen LogP contribution in [0.25, 0.3) is 0 Å². The van der Waals surface area contributed by atoms with Crippen molar-refractivity contribution in [2.45, 2.75) is 32.4 Å². The maximum Gasteiger partial charge on any atom is 0.387 e. The molecule has 1 N–H and O–H groups in total. The van der Waals surface area contributed by atoms with Gasteiger partial charge in [-0.25, -0.2) is 13.1 Å². The predicted octanol–water partition coefficient (Wildman–Crippen LogP) is 3.29. The van der Waals surface area contributed by atoms with Crippen LogP contribution in [0.1, 0.15) is 31.4 Å². The molecule has 0 radical (unpaired) electrons. The molecule has 1 aromatic rings. The molecule has 8 heteroatoms. The van der Waals surface area contributed by atoms with Gasteiger partial charge in [0.15, 0.2) is 0 Å². The van der Waals surface area contributed by atoms with Gasteiger partial charge in [0.2, 0.25) is 10.0 Å². The Morgan fingerprint density at radius 3 is 2.57 bits per heavy atom. The van der Waals surface area contributed by atoms with Crippen molar-refractivity contribution in [3.8, 4) is 5.75 Å². The van der Waals surface area contributed by atoms with Crippen LogP contribution in [0.2, 0.25) is 0 Å². The number of para-hydroxylation sites is 1. The summed E-state index contributed by atoms with van der Waals surface area (Å²) in [6.45, 7) is -1.38. The number of hydrogen-bond acceptors (Lipinski definition) is 3. The van der Waals surface area contributed by atoms with Crippen molar-refractivity contribution in [2.75, 3.05) is 11.6 Å². The zero-order valence-electron chi connectivity index (χ0n) is 11.6. The molecule has 21 heavy (non-hydrogen) atoms. The highest BCUT2D eigenvalue weighted by molar-refractivity contribution is 7.89. The van der Waals surface area contributed by atoms with Gasteiger partial charge in [0.1, 0.15) is 5.75 Å². The highest BCUT2D eigenvalue weighted by Crippen LogP contribution is 2.26. The van der Waals surface area contributed by atoms with Crippen LogP contribution in [-0.2, 0) is 10.0 Å². The van der Waals surface area contributed by atoms with Crippen LogP contribution in [0.15, 0.2) is 24.3 Å². The second-order valence-electron chi connectivity index (χ2n) is 4.47. The Bertz CT molecular complexity index is 540. The van der Waals surface area contributed by atoms with E-state index >= 15 is 0 Å². The topological polar surface area (TPSA) is 55.4 Å². The molecule has 0 aliphatic carbocycles. The largest absolute Gasteiger partial charge is 0.434 e. The molecule has 4 nitrogen and oxygen atoms in total. The standard InChI is InChI=1S/C13H18ClF2NO3S/c1-10(17-21(18,19)9-5-4-8-14)11-6-2-3-7-12(11)20-13(15)16/h2-3,6-7,10,13,17H,4-5,8-9H2,1H3. The number of halogens is 3. The average molecular weight is 342 g/mol. The van der Waals surface area contributed by atoms with Crippen LogP contribution in [0.5, 0.6) is 5.75 Å². The van der Waals surface area contributed by atoms with E-state index in [0.717, 1.165) is 0 Å². The first kappa shape index (κ1) is 18.1. The first-order valence-corrected chi connectivity index (χ1v) is 8.64. The van der Waals surface area contributed by atoms with Crippen molar-refractivity contribution >= 4 is 21.6 Å². The molecule has 0 aliphatic rings. The Balaban J connectivity index is 2.77. The first-order valence-electron chi connectivity index (χ1n) is 6.45. The average Bonchev–Trinajstić information content (AvgIpc) is 2.38. The van der Waals surface area contributed by atoms with Crippen molar-refractivity contribution < 1.29 is 21.9 Å². The summed E-state index contributed by atoms with van der Waals surface area (Å²) in [6, 6.07) is 5.43. The molecule has 0 aromatic heterocycles. The van der Waals surface area contributed by atoms with Crippen LogP contribution < -0.4 is 9.46 Å². The third kappa shape index (κ3) is 6.58. The summed E-state index contributed by atoms with van der Waals surface area (Å²) in [6.07, 6.45) is 1.04. The number of benzene rings is 1. The highest BCUT2D eigenvalue weighted by Gasteiger charge is 2.19. The number of hydrogen-bond donors (Lipinski definition) is 1. The third-order valence-electron chi connectivity index (χ3n) is 2.75. The molecule has 0 amide bonds. The summed E-state index contributed by atoms with van der Waals surface area (Å²) in [5.74, 6) is 0.307. The minimum absolute atomic E-state index is 0.0385. The maximum atomic E-state index is 12.3. The van der Waals surface area contributed by atoms with Gasteiger partial charge in [0.25, 0.3) is 0 Å². The lowest BCUT2D eigenvalue weighted by Crippen LogP contribution is -2.29. The van der Waals surface area contributed by atoms with Crippen molar-refractivity contribution in [1.82, 2.24) is 4.72 Å². The van der Waals surface area contributed by atoms with Crippen molar-refractivity contribution in [1.29, 1.82) is 0 Å². The molecule has 0 spiro atoms. The predicted molar refractivity (Wildman–Crippen MR) is 78.4 cm³/mol. The molecular weight excluding hydrogens is 324 g/mol. The molecule has 0 saturated carbocycles. The van der Waals surface area contributed by atoms with Gasteiger partial charge in [0, 0.05) is 17.5 Å². The van der Waals surface area contributed by atoms with Crippen LogP contribution in [0, 0.1) is 0 Å². The minimum Gasteiger partial charge on any atom is -0.434 e. The van der Waals surface area contributed by atoms with E-state index < -0.39 is 22.7 Å². The Labute approximate surface area is 128 Å². The fourth-order valence-corrected chi connectivity index (χ4v) is 3.38. The summed E-state index contributed by atoms with van der Waals surface area (Å²) in [4.78, 5) is 0. The van der Waals surface area contributed by atoms with Crippen molar-refractivity contribution in [3.05, 3.63) is 29.8 Å². The molecule has 0 fully saturated rings. The van der Waals surface area contributed by atoms with Gasteiger partial charge in [0.05, 0.1) is 5.75 Å². The molecule has 0 bridgehead atoms. The van der Waals surface area contributed by atoms with E-state index in [1.807, 2.05) is 0 Å². The molecule has 1 atom stereocenters. The zero-order valence-corrected chi connectivity index (χ0v) is 13.1. The third-order valence-corrected chi connectivity index (χ3v) is 4.56. The number of alkyl halides is 3. The van der Waals surface area contributed by atoms with E-state index in [4.69, 9.17) is 11.6 Å². The Hall–Kier alpha value is -0.920. The summed E-state index contributed by atoms with van der Waals surface area (Å²) in [5, 5.41) is 0. The lowest BCUT2D eigenvalue weighted by molar-refractivity contribution is -0.0506.